The van der Waals surface area contributed by atoms with Crippen molar-refractivity contribution in [3.63, 3.8) is 0 Å². The normalized spacial score (nSPS) is 10.5. The molecule has 0 aliphatic rings. The molecular formula is C21H21NO2S. The minimum absolute atomic E-state index is 0.00722. The fraction of sp³-hybridized carbons (Fsp3) is 0.190. The maximum Gasteiger partial charge on any atom is 0.254 e. The van der Waals surface area contributed by atoms with Crippen molar-refractivity contribution >= 4 is 17.2 Å². The molecular weight excluding hydrogens is 330 g/mol. The summed E-state index contributed by atoms with van der Waals surface area (Å²) in [5, 5.41) is 4.08. The predicted molar refractivity (Wildman–Crippen MR) is 102 cm³/mol. The van der Waals surface area contributed by atoms with E-state index in [0.29, 0.717) is 24.5 Å². The number of aryl methyl sites for hydroxylation is 1. The van der Waals surface area contributed by atoms with E-state index in [1.807, 2.05) is 54.9 Å². The number of nitrogens with zero attached hydrogens (tertiary/aromatic N) is 1. The lowest BCUT2D eigenvalue weighted by molar-refractivity contribution is 0.0784. The minimum Gasteiger partial charge on any atom is -0.489 e. The van der Waals surface area contributed by atoms with Crippen molar-refractivity contribution in [1.82, 2.24) is 4.90 Å². The Balaban J connectivity index is 1.65. The van der Waals surface area contributed by atoms with E-state index in [1.54, 1.807) is 16.2 Å². The van der Waals surface area contributed by atoms with Crippen LogP contribution in [0, 0.1) is 6.92 Å². The summed E-state index contributed by atoms with van der Waals surface area (Å²) in [6, 6.07) is 17.6. The zero-order valence-electron chi connectivity index (χ0n) is 14.4. The number of benzene rings is 2. The first-order valence-corrected chi connectivity index (χ1v) is 9.11. The van der Waals surface area contributed by atoms with Crippen molar-refractivity contribution < 1.29 is 9.53 Å². The zero-order chi connectivity index (χ0) is 17.6. The first-order valence-electron chi connectivity index (χ1n) is 8.17. The summed E-state index contributed by atoms with van der Waals surface area (Å²) < 4.78 is 5.85. The van der Waals surface area contributed by atoms with Crippen LogP contribution in [-0.2, 0) is 13.2 Å². The molecule has 0 N–H and O–H groups in total. The molecule has 0 spiro atoms. The van der Waals surface area contributed by atoms with Gasteiger partial charge in [-0.2, -0.15) is 11.3 Å². The zero-order valence-corrected chi connectivity index (χ0v) is 15.3. The van der Waals surface area contributed by atoms with E-state index in [1.165, 1.54) is 5.56 Å². The second-order valence-electron chi connectivity index (χ2n) is 6.10. The molecule has 3 nitrogen and oxygen atoms in total. The molecule has 1 amide bonds. The van der Waals surface area contributed by atoms with Crippen LogP contribution in [0.25, 0.3) is 0 Å². The molecule has 1 heterocycles. The lowest BCUT2D eigenvalue weighted by atomic mass is 10.1. The fourth-order valence-corrected chi connectivity index (χ4v) is 3.30. The second-order valence-corrected chi connectivity index (χ2v) is 6.88. The van der Waals surface area contributed by atoms with Crippen LogP contribution in [0.1, 0.15) is 27.0 Å². The molecule has 4 heteroatoms. The van der Waals surface area contributed by atoms with E-state index in [9.17, 15) is 4.79 Å². The van der Waals surface area contributed by atoms with Gasteiger partial charge >= 0.3 is 0 Å². The van der Waals surface area contributed by atoms with E-state index in [2.05, 4.69) is 24.4 Å². The van der Waals surface area contributed by atoms with Gasteiger partial charge < -0.3 is 9.64 Å². The van der Waals surface area contributed by atoms with E-state index in [-0.39, 0.29) is 5.91 Å². The van der Waals surface area contributed by atoms with E-state index >= 15 is 0 Å². The van der Waals surface area contributed by atoms with Gasteiger partial charge in [-0.25, -0.2) is 0 Å². The summed E-state index contributed by atoms with van der Waals surface area (Å²) in [5.41, 5.74) is 4.11. The summed E-state index contributed by atoms with van der Waals surface area (Å²) in [4.78, 5) is 14.3. The van der Waals surface area contributed by atoms with Gasteiger partial charge in [0, 0.05) is 19.2 Å². The predicted octanol–water partition coefficient (Wildman–Crippen LogP) is 4.91. The Bertz CT molecular complexity index is 843. The Morgan fingerprint density at radius 1 is 1.08 bits per heavy atom. The molecule has 0 saturated heterocycles. The molecule has 128 valence electrons. The van der Waals surface area contributed by atoms with Crippen LogP contribution in [-0.4, -0.2) is 17.9 Å². The summed E-state index contributed by atoms with van der Waals surface area (Å²) in [7, 11) is 1.82. The number of hydrogen-bond acceptors (Lipinski definition) is 3. The Kier molecular flexibility index (Phi) is 5.51. The third kappa shape index (κ3) is 4.70. The molecule has 3 rings (SSSR count). The van der Waals surface area contributed by atoms with E-state index in [4.69, 9.17) is 4.74 Å². The Morgan fingerprint density at radius 2 is 1.92 bits per heavy atom. The Hall–Kier alpha value is -2.59. The number of ether oxygens (including phenoxy) is 1. The van der Waals surface area contributed by atoms with Crippen molar-refractivity contribution in [3.05, 3.63) is 87.6 Å². The Labute approximate surface area is 152 Å². The molecule has 0 aliphatic carbocycles. The summed E-state index contributed by atoms with van der Waals surface area (Å²) in [6.45, 7) is 3.16. The monoisotopic (exact) mass is 351 g/mol. The van der Waals surface area contributed by atoms with Crippen LogP contribution >= 0.6 is 11.3 Å². The number of amides is 1. The van der Waals surface area contributed by atoms with Gasteiger partial charge in [-0.1, -0.05) is 35.9 Å². The van der Waals surface area contributed by atoms with Crippen LogP contribution in [0.2, 0.25) is 0 Å². The smallest absolute Gasteiger partial charge is 0.254 e. The van der Waals surface area contributed by atoms with Gasteiger partial charge in [0.15, 0.2) is 0 Å². The average molecular weight is 351 g/mol. The van der Waals surface area contributed by atoms with Crippen molar-refractivity contribution in [3.8, 4) is 5.75 Å². The molecule has 0 unspecified atom stereocenters. The van der Waals surface area contributed by atoms with Gasteiger partial charge in [-0.3, -0.25) is 4.79 Å². The first kappa shape index (κ1) is 17.2. The third-order valence-electron chi connectivity index (χ3n) is 3.92. The molecule has 0 radical (unpaired) electrons. The fourth-order valence-electron chi connectivity index (χ4n) is 2.64. The Morgan fingerprint density at radius 3 is 2.68 bits per heavy atom. The van der Waals surface area contributed by atoms with Crippen LogP contribution in [0.4, 0.5) is 0 Å². The lowest BCUT2D eigenvalue weighted by Gasteiger charge is -2.17. The average Bonchev–Trinajstić information content (AvgIpc) is 3.12. The minimum atomic E-state index is -0.00722. The topological polar surface area (TPSA) is 29.5 Å². The largest absolute Gasteiger partial charge is 0.489 e. The van der Waals surface area contributed by atoms with Crippen LogP contribution in [0.15, 0.2) is 65.4 Å². The van der Waals surface area contributed by atoms with E-state index in [0.717, 1.165) is 11.1 Å². The van der Waals surface area contributed by atoms with Crippen LogP contribution < -0.4 is 4.74 Å². The highest BCUT2D eigenvalue weighted by molar-refractivity contribution is 7.07. The molecule has 0 fully saturated rings. The van der Waals surface area contributed by atoms with Gasteiger partial charge in [-0.15, -0.1) is 0 Å². The number of rotatable bonds is 6. The van der Waals surface area contributed by atoms with Crippen molar-refractivity contribution in [1.29, 1.82) is 0 Å². The van der Waals surface area contributed by atoms with Crippen molar-refractivity contribution in [2.45, 2.75) is 20.1 Å². The summed E-state index contributed by atoms with van der Waals surface area (Å²) in [6.07, 6.45) is 0. The molecule has 25 heavy (non-hydrogen) atoms. The van der Waals surface area contributed by atoms with Gasteiger partial charge in [0.05, 0.1) is 0 Å². The quantitative estimate of drug-likeness (QED) is 0.632. The molecule has 3 aromatic rings. The van der Waals surface area contributed by atoms with Crippen LogP contribution in [0.5, 0.6) is 5.75 Å². The maximum atomic E-state index is 12.6. The van der Waals surface area contributed by atoms with Gasteiger partial charge in [0.25, 0.3) is 5.91 Å². The first-order chi connectivity index (χ1) is 12.1. The molecule has 0 saturated carbocycles. The number of carbonyl (C=O) groups excluding carboxylic acids is 1. The van der Waals surface area contributed by atoms with Gasteiger partial charge in [0.2, 0.25) is 0 Å². The molecule has 0 aliphatic heterocycles. The molecule has 1 aromatic heterocycles. The van der Waals surface area contributed by atoms with Gasteiger partial charge in [0.1, 0.15) is 12.4 Å². The summed E-state index contributed by atoms with van der Waals surface area (Å²) >= 11 is 1.64. The number of hydrogen-bond donors (Lipinski definition) is 0. The lowest BCUT2D eigenvalue weighted by Crippen LogP contribution is -2.25. The highest BCUT2D eigenvalue weighted by Crippen LogP contribution is 2.18. The molecule has 2 aromatic carbocycles. The van der Waals surface area contributed by atoms with E-state index < -0.39 is 0 Å². The highest BCUT2D eigenvalue weighted by atomic mass is 32.1. The third-order valence-corrected chi connectivity index (χ3v) is 4.65. The van der Waals surface area contributed by atoms with Crippen molar-refractivity contribution in [2.24, 2.45) is 0 Å². The standard InChI is InChI=1S/C21H21NO2S/c1-16-5-3-6-17(11-16)14-24-20-8-4-7-19(12-20)21(23)22(2)13-18-9-10-25-15-18/h3-12,15H,13-14H2,1-2H3. The molecule has 0 atom stereocenters. The number of carbonyl (C=O) groups is 1. The summed E-state index contributed by atoms with van der Waals surface area (Å²) in [5.74, 6) is 0.698. The maximum absolute atomic E-state index is 12.6. The van der Waals surface area contributed by atoms with Crippen LogP contribution in [0.3, 0.4) is 0 Å². The SMILES string of the molecule is Cc1cccc(COc2cccc(C(=O)N(C)Cc3ccsc3)c2)c1. The van der Waals surface area contributed by atoms with Crippen molar-refractivity contribution in [2.75, 3.05) is 7.05 Å². The number of thiophene rings is 1. The molecule has 0 bridgehead atoms. The second kappa shape index (κ2) is 7.99. The highest BCUT2D eigenvalue weighted by Gasteiger charge is 2.13. The van der Waals surface area contributed by atoms with Gasteiger partial charge in [-0.05, 0) is 53.1 Å².